The summed E-state index contributed by atoms with van der Waals surface area (Å²) in [7, 11) is 0. The molecule has 1 aromatic carbocycles. The molecule has 1 fully saturated rings. The molecule has 1 aromatic rings. The average Bonchev–Trinajstić information content (AvgIpc) is 2.34. The van der Waals surface area contributed by atoms with Crippen LogP contribution in [0.3, 0.4) is 0 Å². The number of hydrogen-bond acceptors (Lipinski definition) is 2. The van der Waals surface area contributed by atoms with Crippen LogP contribution in [0, 0.1) is 0 Å². The minimum Gasteiger partial charge on any atom is -0.284 e. The van der Waals surface area contributed by atoms with Crippen molar-refractivity contribution in [1.82, 2.24) is 10.4 Å². The summed E-state index contributed by atoms with van der Waals surface area (Å²) >= 11 is 0. The predicted octanol–water partition coefficient (Wildman–Crippen LogP) is 3.37. The highest BCUT2D eigenvalue weighted by Crippen LogP contribution is 2.36. The number of hydrazine groups is 1. The highest BCUT2D eigenvalue weighted by Gasteiger charge is 2.42. The first kappa shape index (κ1) is 14.1. The quantitative estimate of drug-likeness (QED) is 0.884. The van der Waals surface area contributed by atoms with Crippen molar-refractivity contribution in [2.75, 3.05) is 0 Å². The van der Waals surface area contributed by atoms with Gasteiger partial charge in [-0.1, -0.05) is 18.2 Å². The zero-order valence-electron chi connectivity index (χ0n) is 12.4. The fourth-order valence-electron chi connectivity index (χ4n) is 3.05. The molecule has 1 aliphatic rings. The molecule has 0 saturated carbocycles. The van der Waals surface area contributed by atoms with Gasteiger partial charge in [-0.15, -0.1) is 0 Å². The van der Waals surface area contributed by atoms with Crippen LogP contribution in [0.25, 0.3) is 0 Å². The molecule has 3 nitrogen and oxygen atoms in total. The van der Waals surface area contributed by atoms with E-state index < -0.39 is 0 Å². The monoisotopic (exact) mass is 260 g/mol. The van der Waals surface area contributed by atoms with Gasteiger partial charge < -0.3 is 0 Å². The molecule has 1 N–H and O–H groups in total. The number of carbonyl (C=O) groups excluding carboxylic acids is 1. The second-order valence-corrected chi connectivity index (χ2v) is 6.62. The van der Waals surface area contributed by atoms with Crippen molar-refractivity contribution in [2.45, 2.75) is 58.0 Å². The molecule has 3 heteroatoms. The molecule has 0 spiro atoms. The van der Waals surface area contributed by atoms with E-state index in [-0.39, 0.29) is 17.0 Å². The second-order valence-electron chi connectivity index (χ2n) is 6.62. The van der Waals surface area contributed by atoms with Gasteiger partial charge in [0, 0.05) is 16.6 Å². The van der Waals surface area contributed by atoms with E-state index in [0.717, 1.165) is 12.8 Å². The number of rotatable bonds is 2. The Bertz CT molecular complexity index is 435. The minimum atomic E-state index is -0.0244. The summed E-state index contributed by atoms with van der Waals surface area (Å²) in [6, 6.07) is 9.40. The molecule has 0 atom stereocenters. The summed E-state index contributed by atoms with van der Waals surface area (Å²) in [6.07, 6.45) is 3.41. The van der Waals surface area contributed by atoms with Crippen LogP contribution in [0.5, 0.6) is 0 Å². The molecule has 0 radical (unpaired) electrons. The lowest BCUT2D eigenvalue weighted by molar-refractivity contribution is -0.0612. The third kappa shape index (κ3) is 2.98. The van der Waals surface area contributed by atoms with E-state index in [0.29, 0.717) is 5.56 Å². The number of hydrogen-bond donors (Lipinski definition) is 1. The van der Waals surface area contributed by atoms with Gasteiger partial charge in [0.1, 0.15) is 0 Å². The third-order valence-corrected chi connectivity index (χ3v) is 4.04. The molecule has 1 heterocycles. The maximum absolute atomic E-state index is 12.3. The molecule has 1 saturated heterocycles. The molecular weight excluding hydrogens is 236 g/mol. The smallest absolute Gasteiger partial charge is 0.265 e. The van der Waals surface area contributed by atoms with Gasteiger partial charge >= 0.3 is 0 Å². The van der Waals surface area contributed by atoms with Gasteiger partial charge in [0.15, 0.2) is 0 Å². The van der Waals surface area contributed by atoms with Crippen LogP contribution in [-0.4, -0.2) is 22.0 Å². The van der Waals surface area contributed by atoms with E-state index in [9.17, 15) is 4.79 Å². The van der Waals surface area contributed by atoms with Crippen molar-refractivity contribution in [3.05, 3.63) is 35.9 Å². The van der Waals surface area contributed by atoms with Crippen LogP contribution in [0.2, 0.25) is 0 Å². The van der Waals surface area contributed by atoms with Crippen LogP contribution in [-0.2, 0) is 0 Å². The second kappa shape index (κ2) is 4.97. The first-order valence-corrected chi connectivity index (χ1v) is 6.99. The molecular formula is C16H24N2O. The molecule has 104 valence electrons. The van der Waals surface area contributed by atoms with Gasteiger partial charge in [-0.3, -0.25) is 10.2 Å². The van der Waals surface area contributed by atoms with Crippen molar-refractivity contribution in [1.29, 1.82) is 0 Å². The van der Waals surface area contributed by atoms with Crippen LogP contribution in [0.1, 0.15) is 57.3 Å². The van der Waals surface area contributed by atoms with E-state index in [2.05, 4.69) is 38.1 Å². The van der Waals surface area contributed by atoms with Gasteiger partial charge in [0.05, 0.1) is 0 Å². The van der Waals surface area contributed by atoms with Crippen molar-refractivity contribution >= 4 is 5.91 Å². The summed E-state index contributed by atoms with van der Waals surface area (Å²) in [4.78, 5) is 12.3. The fourth-order valence-corrected chi connectivity index (χ4v) is 3.05. The summed E-state index contributed by atoms with van der Waals surface area (Å²) in [5, 5.41) is 2.14. The number of benzene rings is 1. The van der Waals surface area contributed by atoms with Crippen molar-refractivity contribution in [3.63, 3.8) is 0 Å². The van der Waals surface area contributed by atoms with E-state index in [1.807, 2.05) is 30.3 Å². The van der Waals surface area contributed by atoms with Crippen LogP contribution < -0.4 is 5.43 Å². The molecule has 19 heavy (non-hydrogen) atoms. The molecule has 1 amide bonds. The Morgan fingerprint density at radius 3 is 2.11 bits per heavy atom. The minimum absolute atomic E-state index is 0.00775. The maximum Gasteiger partial charge on any atom is 0.265 e. The predicted molar refractivity (Wildman–Crippen MR) is 77.8 cm³/mol. The van der Waals surface area contributed by atoms with Crippen molar-refractivity contribution < 1.29 is 4.79 Å². The Labute approximate surface area is 116 Å². The molecule has 1 aliphatic heterocycles. The van der Waals surface area contributed by atoms with Gasteiger partial charge in [-0.2, -0.15) is 0 Å². The normalized spacial score (nSPS) is 21.9. The van der Waals surface area contributed by atoms with Gasteiger partial charge in [0.25, 0.3) is 5.91 Å². The molecule has 0 aliphatic carbocycles. The lowest BCUT2D eigenvalue weighted by Gasteiger charge is -2.52. The van der Waals surface area contributed by atoms with Gasteiger partial charge in [-0.25, -0.2) is 5.01 Å². The topological polar surface area (TPSA) is 32.3 Å². The van der Waals surface area contributed by atoms with Crippen LogP contribution in [0.4, 0.5) is 0 Å². The van der Waals surface area contributed by atoms with Crippen molar-refractivity contribution in [3.8, 4) is 0 Å². The lowest BCUT2D eigenvalue weighted by Crippen LogP contribution is -2.65. The number of amides is 1. The zero-order chi connectivity index (χ0) is 14.1. The lowest BCUT2D eigenvalue weighted by atomic mass is 9.81. The summed E-state index contributed by atoms with van der Waals surface area (Å²) in [5.74, 6) is -0.0244. The Balaban J connectivity index is 2.18. The number of nitrogens with one attached hydrogen (secondary N) is 1. The summed E-state index contributed by atoms with van der Waals surface area (Å²) in [5.41, 5.74) is 3.80. The number of piperidine rings is 1. The van der Waals surface area contributed by atoms with E-state index in [4.69, 9.17) is 0 Å². The van der Waals surface area contributed by atoms with Crippen LogP contribution >= 0.6 is 0 Å². The number of carbonyl (C=O) groups is 1. The fraction of sp³-hybridized carbons (Fsp3) is 0.562. The van der Waals surface area contributed by atoms with E-state index in [1.165, 1.54) is 6.42 Å². The van der Waals surface area contributed by atoms with Gasteiger partial charge in [0.2, 0.25) is 0 Å². The first-order chi connectivity index (χ1) is 8.83. The summed E-state index contributed by atoms with van der Waals surface area (Å²) in [6.45, 7) is 8.77. The average molecular weight is 260 g/mol. The van der Waals surface area contributed by atoms with E-state index in [1.54, 1.807) is 0 Å². The highest BCUT2D eigenvalue weighted by atomic mass is 16.2. The Morgan fingerprint density at radius 1 is 1.05 bits per heavy atom. The van der Waals surface area contributed by atoms with Crippen LogP contribution in [0.15, 0.2) is 30.3 Å². The molecule has 0 bridgehead atoms. The maximum atomic E-state index is 12.3. The first-order valence-electron chi connectivity index (χ1n) is 6.99. The molecule has 0 unspecified atom stereocenters. The molecule has 2 rings (SSSR count). The zero-order valence-corrected chi connectivity index (χ0v) is 12.4. The van der Waals surface area contributed by atoms with Gasteiger partial charge in [-0.05, 0) is 59.1 Å². The highest BCUT2D eigenvalue weighted by molar-refractivity contribution is 5.93. The summed E-state index contributed by atoms with van der Waals surface area (Å²) < 4.78 is 0. The number of nitrogens with zero attached hydrogens (tertiary/aromatic N) is 1. The SMILES string of the molecule is CC1(C)CCCC(C)(C)N1NC(=O)c1ccccc1. The Morgan fingerprint density at radius 2 is 1.58 bits per heavy atom. The van der Waals surface area contributed by atoms with Crippen molar-refractivity contribution in [2.24, 2.45) is 0 Å². The Hall–Kier alpha value is -1.35. The third-order valence-electron chi connectivity index (χ3n) is 4.04. The largest absolute Gasteiger partial charge is 0.284 e. The standard InChI is InChI=1S/C16H24N2O/c1-15(2)11-8-12-16(3,4)18(15)17-14(19)13-9-6-5-7-10-13/h5-7,9-10H,8,11-12H2,1-4H3,(H,17,19). The molecule has 0 aromatic heterocycles. The Kier molecular flexibility index (Phi) is 3.68. The van der Waals surface area contributed by atoms with E-state index >= 15 is 0 Å².